The Morgan fingerprint density at radius 1 is 1.38 bits per heavy atom. The van der Waals surface area contributed by atoms with Gasteiger partial charge in [0.2, 0.25) is 0 Å². The molecule has 21 heavy (non-hydrogen) atoms. The molecule has 3 heterocycles. The first-order chi connectivity index (χ1) is 10.2. The minimum atomic E-state index is 0.0398. The molecule has 1 atom stereocenters. The lowest BCUT2D eigenvalue weighted by molar-refractivity contribution is 0.0519. The van der Waals surface area contributed by atoms with Gasteiger partial charge in [-0.1, -0.05) is 6.07 Å². The van der Waals surface area contributed by atoms with Crippen molar-refractivity contribution in [3.63, 3.8) is 0 Å². The van der Waals surface area contributed by atoms with E-state index in [0.717, 1.165) is 36.5 Å². The van der Waals surface area contributed by atoms with E-state index < -0.39 is 0 Å². The molecule has 0 bridgehead atoms. The van der Waals surface area contributed by atoms with Crippen LogP contribution in [0, 0.1) is 12.8 Å². The summed E-state index contributed by atoms with van der Waals surface area (Å²) >= 11 is 3.23. The van der Waals surface area contributed by atoms with Gasteiger partial charge in [0, 0.05) is 18.1 Å². The molecule has 0 radical (unpaired) electrons. The topological polar surface area (TPSA) is 38.3 Å². The van der Waals surface area contributed by atoms with E-state index in [1.54, 1.807) is 11.3 Å². The maximum atomic E-state index is 12.5. The molecule has 3 rings (SSSR count). The number of ether oxygens (including phenoxy) is 1. The third kappa shape index (κ3) is 3.54. The molecule has 2 aromatic heterocycles. The highest BCUT2D eigenvalue weighted by atomic mass is 32.1. The van der Waals surface area contributed by atoms with Crippen LogP contribution in [0.2, 0.25) is 0 Å². The number of amides is 1. The zero-order chi connectivity index (χ0) is 14.7. The highest BCUT2D eigenvalue weighted by Gasteiger charge is 2.28. The van der Waals surface area contributed by atoms with Crippen molar-refractivity contribution in [2.75, 3.05) is 13.2 Å². The lowest BCUT2D eigenvalue weighted by atomic mass is 9.90. The van der Waals surface area contributed by atoms with Gasteiger partial charge in [-0.25, -0.2) is 0 Å². The number of nitrogens with one attached hydrogen (secondary N) is 1. The second-order valence-electron chi connectivity index (χ2n) is 5.40. The molecule has 5 heteroatoms. The number of carbonyl (C=O) groups excluding carboxylic acids is 1. The number of hydrogen-bond acceptors (Lipinski definition) is 4. The predicted octanol–water partition coefficient (Wildman–Crippen LogP) is 4.02. The Morgan fingerprint density at radius 3 is 2.81 bits per heavy atom. The minimum absolute atomic E-state index is 0.0398. The van der Waals surface area contributed by atoms with Gasteiger partial charge in [0.25, 0.3) is 5.91 Å². The van der Waals surface area contributed by atoms with Gasteiger partial charge < -0.3 is 10.1 Å². The zero-order valence-corrected chi connectivity index (χ0v) is 13.6. The van der Waals surface area contributed by atoms with Crippen molar-refractivity contribution in [1.82, 2.24) is 5.32 Å². The van der Waals surface area contributed by atoms with Gasteiger partial charge in [-0.3, -0.25) is 4.79 Å². The molecule has 1 amide bonds. The summed E-state index contributed by atoms with van der Waals surface area (Å²) in [5, 5.41) is 7.33. The van der Waals surface area contributed by atoms with E-state index in [1.807, 2.05) is 24.4 Å². The predicted molar refractivity (Wildman–Crippen MR) is 87.1 cm³/mol. The van der Waals surface area contributed by atoms with E-state index >= 15 is 0 Å². The number of aryl methyl sites for hydroxylation is 1. The van der Waals surface area contributed by atoms with Crippen LogP contribution in [0.3, 0.4) is 0 Å². The van der Waals surface area contributed by atoms with Gasteiger partial charge in [0.1, 0.15) is 0 Å². The normalized spacial score (nSPS) is 17.6. The maximum Gasteiger partial charge on any atom is 0.261 e. The highest BCUT2D eigenvalue weighted by Crippen LogP contribution is 2.33. The average molecular weight is 321 g/mol. The van der Waals surface area contributed by atoms with E-state index in [2.05, 4.69) is 16.8 Å². The first kappa shape index (κ1) is 14.8. The van der Waals surface area contributed by atoms with E-state index in [-0.39, 0.29) is 11.9 Å². The van der Waals surface area contributed by atoms with Gasteiger partial charge in [-0.2, -0.15) is 0 Å². The Bertz CT molecular complexity index is 585. The molecule has 1 aliphatic heterocycles. The Kier molecular flexibility index (Phi) is 4.73. The van der Waals surface area contributed by atoms with Gasteiger partial charge in [-0.15, -0.1) is 22.7 Å². The smallest absolute Gasteiger partial charge is 0.261 e. The summed E-state index contributed by atoms with van der Waals surface area (Å²) in [7, 11) is 0. The summed E-state index contributed by atoms with van der Waals surface area (Å²) in [5.41, 5.74) is 1.14. The molecular formula is C16H19NO2S2. The van der Waals surface area contributed by atoms with Crippen molar-refractivity contribution in [2.24, 2.45) is 5.92 Å². The molecule has 0 aromatic carbocycles. The minimum Gasteiger partial charge on any atom is -0.381 e. The van der Waals surface area contributed by atoms with E-state index in [0.29, 0.717) is 5.92 Å². The van der Waals surface area contributed by atoms with E-state index in [9.17, 15) is 4.79 Å². The first-order valence-electron chi connectivity index (χ1n) is 7.21. The van der Waals surface area contributed by atoms with Crippen LogP contribution in [0.4, 0.5) is 0 Å². The molecule has 0 spiro atoms. The Labute approximate surface area is 133 Å². The summed E-state index contributed by atoms with van der Waals surface area (Å²) in [6.45, 7) is 3.60. The third-order valence-electron chi connectivity index (χ3n) is 3.83. The maximum absolute atomic E-state index is 12.5. The number of carbonyl (C=O) groups is 1. The second kappa shape index (κ2) is 6.73. The van der Waals surface area contributed by atoms with Crippen LogP contribution in [0.5, 0.6) is 0 Å². The van der Waals surface area contributed by atoms with Crippen LogP contribution in [-0.2, 0) is 4.74 Å². The monoisotopic (exact) mass is 321 g/mol. The quantitative estimate of drug-likeness (QED) is 0.924. The largest absolute Gasteiger partial charge is 0.381 e. The molecule has 2 aromatic rings. The van der Waals surface area contributed by atoms with Crippen molar-refractivity contribution in [3.8, 4) is 0 Å². The van der Waals surface area contributed by atoms with Crippen molar-refractivity contribution < 1.29 is 9.53 Å². The van der Waals surface area contributed by atoms with Crippen LogP contribution in [0.25, 0.3) is 0 Å². The Morgan fingerprint density at radius 2 is 2.19 bits per heavy atom. The second-order valence-corrected chi connectivity index (χ2v) is 7.30. The molecule has 1 saturated heterocycles. The lowest BCUT2D eigenvalue weighted by Gasteiger charge is -2.30. The molecule has 0 aliphatic carbocycles. The third-order valence-corrected chi connectivity index (χ3v) is 5.83. The fourth-order valence-corrected chi connectivity index (χ4v) is 4.37. The lowest BCUT2D eigenvalue weighted by Crippen LogP contribution is -2.35. The van der Waals surface area contributed by atoms with Gasteiger partial charge in [0.15, 0.2) is 0 Å². The Hall–Kier alpha value is -1.17. The molecular weight excluding hydrogens is 302 g/mol. The van der Waals surface area contributed by atoms with Crippen molar-refractivity contribution in [3.05, 3.63) is 44.3 Å². The molecule has 1 fully saturated rings. The Balaban J connectivity index is 1.77. The van der Waals surface area contributed by atoms with Crippen LogP contribution >= 0.6 is 22.7 Å². The zero-order valence-electron chi connectivity index (χ0n) is 12.0. The van der Waals surface area contributed by atoms with E-state index in [4.69, 9.17) is 4.74 Å². The number of thiophene rings is 2. The number of rotatable bonds is 4. The first-order valence-corrected chi connectivity index (χ1v) is 8.97. The molecule has 112 valence electrons. The van der Waals surface area contributed by atoms with Crippen LogP contribution < -0.4 is 5.32 Å². The van der Waals surface area contributed by atoms with Gasteiger partial charge in [0.05, 0.1) is 10.9 Å². The van der Waals surface area contributed by atoms with Crippen LogP contribution in [-0.4, -0.2) is 19.1 Å². The van der Waals surface area contributed by atoms with Gasteiger partial charge in [-0.05, 0) is 54.1 Å². The molecule has 3 nitrogen and oxygen atoms in total. The fourth-order valence-electron chi connectivity index (χ4n) is 2.70. The molecule has 0 saturated carbocycles. The average Bonchev–Trinajstić information content (AvgIpc) is 3.17. The molecule has 1 aliphatic rings. The van der Waals surface area contributed by atoms with E-state index in [1.165, 1.54) is 16.2 Å². The summed E-state index contributed by atoms with van der Waals surface area (Å²) in [6.07, 6.45) is 2.01. The van der Waals surface area contributed by atoms with Crippen LogP contribution in [0.15, 0.2) is 29.0 Å². The molecule has 1 unspecified atom stereocenters. The number of hydrogen-bond donors (Lipinski definition) is 1. The SMILES string of the molecule is Cc1csc(C(=O)NC(c2cccs2)C2CCOCC2)c1. The highest BCUT2D eigenvalue weighted by molar-refractivity contribution is 7.12. The summed E-state index contributed by atoms with van der Waals surface area (Å²) in [6, 6.07) is 6.22. The summed E-state index contributed by atoms with van der Waals surface area (Å²) in [5.74, 6) is 0.500. The summed E-state index contributed by atoms with van der Waals surface area (Å²) < 4.78 is 5.45. The molecule has 1 N–H and O–H groups in total. The van der Waals surface area contributed by atoms with Crippen molar-refractivity contribution in [1.29, 1.82) is 0 Å². The van der Waals surface area contributed by atoms with Crippen molar-refractivity contribution >= 4 is 28.6 Å². The van der Waals surface area contributed by atoms with Crippen LogP contribution in [0.1, 0.15) is 39.0 Å². The summed E-state index contributed by atoms with van der Waals surface area (Å²) in [4.78, 5) is 14.5. The standard InChI is InChI=1S/C16H19NO2S2/c1-11-9-14(21-10-11)16(18)17-15(13-3-2-8-20-13)12-4-6-19-7-5-12/h2-3,8-10,12,15H,4-7H2,1H3,(H,17,18). The fraction of sp³-hybridized carbons (Fsp3) is 0.438. The van der Waals surface area contributed by atoms with Gasteiger partial charge >= 0.3 is 0 Å². The van der Waals surface area contributed by atoms with Crippen molar-refractivity contribution in [2.45, 2.75) is 25.8 Å².